The molecule has 0 spiro atoms. The number of thioether (sulfide) groups is 1. The van der Waals surface area contributed by atoms with E-state index in [1.807, 2.05) is 6.92 Å². The van der Waals surface area contributed by atoms with Gasteiger partial charge in [0.15, 0.2) is 0 Å². The van der Waals surface area contributed by atoms with Crippen LogP contribution in [0.2, 0.25) is 0 Å². The smallest absolute Gasteiger partial charge is 0.346 e. The molecule has 0 bridgehead atoms. The SMILES string of the molecule is COC(=O)C1=C(N)[C@H](C)CS1. The summed E-state index contributed by atoms with van der Waals surface area (Å²) in [6, 6.07) is 0. The van der Waals surface area contributed by atoms with Crippen molar-refractivity contribution in [2.45, 2.75) is 6.92 Å². The van der Waals surface area contributed by atoms with Crippen LogP contribution in [0.25, 0.3) is 0 Å². The first kappa shape index (κ1) is 8.46. The second kappa shape index (κ2) is 3.17. The quantitative estimate of drug-likeness (QED) is 0.593. The van der Waals surface area contributed by atoms with Crippen LogP contribution in [0.3, 0.4) is 0 Å². The number of ether oxygens (including phenoxy) is 1. The van der Waals surface area contributed by atoms with Gasteiger partial charge in [-0.3, -0.25) is 0 Å². The van der Waals surface area contributed by atoms with Crippen molar-refractivity contribution in [2.75, 3.05) is 12.9 Å². The van der Waals surface area contributed by atoms with Crippen LogP contribution in [0.5, 0.6) is 0 Å². The van der Waals surface area contributed by atoms with Gasteiger partial charge in [-0.2, -0.15) is 0 Å². The third-order valence-electron chi connectivity index (χ3n) is 1.64. The Kier molecular flexibility index (Phi) is 2.44. The summed E-state index contributed by atoms with van der Waals surface area (Å²) >= 11 is 1.47. The van der Waals surface area contributed by atoms with Gasteiger partial charge >= 0.3 is 5.97 Å². The van der Waals surface area contributed by atoms with Gasteiger partial charge in [0.2, 0.25) is 0 Å². The van der Waals surface area contributed by atoms with Gasteiger partial charge in [0, 0.05) is 17.4 Å². The lowest BCUT2D eigenvalue weighted by molar-refractivity contribution is -0.135. The molecule has 0 aromatic heterocycles. The zero-order chi connectivity index (χ0) is 8.43. The lowest BCUT2D eigenvalue weighted by Gasteiger charge is -2.01. The minimum absolute atomic E-state index is 0.300. The van der Waals surface area contributed by atoms with E-state index in [0.29, 0.717) is 16.5 Å². The van der Waals surface area contributed by atoms with E-state index >= 15 is 0 Å². The highest BCUT2D eigenvalue weighted by Gasteiger charge is 2.25. The first-order valence-electron chi connectivity index (χ1n) is 3.37. The Hall–Kier alpha value is -0.640. The Morgan fingerprint density at radius 2 is 2.45 bits per heavy atom. The molecule has 1 rings (SSSR count). The Balaban J connectivity index is 2.79. The molecule has 4 heteroatoms. The largest absolute Gasteiger partial charge is 0.465 e. The molecule has 1 atom stereocenters. The first-order chi connectivity index (χ1) is 5.16. The van der Waals surface area contributed by atoms with Gasteiger partial charge in [-0.1, -0.05) is 6.92 Å². The minimum Gasteiger partial charge on any atom is -0.465 e. The summed E-state index contributed by atoms with van der Waals surface area (Å²) in [6.07, 6.45) is 0. The van der Waals surface area contributed by atoms with E-state index in [1.165, 1.54) is 18.9 Å². The zero-order valence-electron chi connectivity index (χ0n) is 6.59. The Morgan fingerprint density at radius 1 is 1.82 bits per heavy atom. The molecule has 2 N–H and O–H groups in total. The van der Waals surface area contributed by atoms with Crippen LogP contribution < -0.4 is 5.73 Å². The van der Waals surface area contributed by atoms with Crippen LogP contribution in [-0.2, 0) is 9.53 Å². The van der Waals surface area contributed by atoms with Crippen molar-refractivity contribution in [2.24, 2.45) is 11.7 Å². The predicted octanol–water partition coefficient (Wildman–Crippen LogP) is 0.713. The van der Waals surface area contributed by atoms with Gasteiger partial charge in [0.1, 0.15) is 4.91 Å². The molecule has 0 aromatic carbocycles. The highest BCUT2D eigenvalue weighted by Crippen LogP contribution is 2.33. The lowest BCUT2D eigenvalue weighted by atomic mass is 10.1. The molecular formula is C7H11NO2S. The van der Waals surface area contributed by atoms with Gasteiger partial charge in [-0.05, 0) is 0 Å². The number of nitrogens with two attached hydrogens (primary N) is 1. The summed E-state index contributed by atoms with van der Waals surface area (Å²) in [6.45, 7) is 2.00. The molecule has 1 heterocycles. The van der Waals surface area contributed by atoms with E-state index in [9.17, 15) is 4.79 Å². The molecular weight excluding hydrogens is 162 g/mol. The van der Waals surface area contributed by atoms with Crippen molar-refractivity contribution in [1.82, 2.24) is 0 Å². The molecule has 0 unspecified atom stereocenters. The van der Waals surface area contributed by atoms with E-state index in [2.05, 4.69) is 4.74 Å². The molecule has 1 aliphatic rings. The highest BCUT2D eigenvalue weighted by molar-refractivity contribution is 8.04. The van der Waals surface area contributed by atoms with Crippen molar-refractivity contribution in [1.29, 1.82) is 0 Å². The molecule has 0 aromatic rings. The highest BCUT2D eigenvalue weighted by atomic mass is 32.2. The van der Waals surface area contributed by atoms with Crippen LogP contribution in [0, 0.1) is 5.92 Å². The summed E-state index contributed by atoms with van der Waals surface area (Å²) in [5.74, 6) is 0.877. The lowest BCUT2D eigenvalue weighted by Crippen LogP contribution is -2.10. The second-order valence-electron chi connectivity index (χ2n) is 2.49. The van der Waals surface area contributed by atoms with Crippen LogP contribution >= 0.6 is 11.8 Å². The summed E-state index contributed by atoms with van der Waals surface area (Å²) in [5.41, 5.74) is 6.33. The molecule has 3 nitrogen and oxygen atoms in total. The maximum atomic E-state index is 11.0. The van der Waals surface area contributed by atoms with Crippen molar-refractivity contribution in [3.05, 3.63) is 10.6 Å². The van der Waals surface area contributed by atoms with Crippen LogP contribution in [0.4, 0.5) is 0 Å². The summed E-state index contributed by atoms with van der Waals surface area (Å²) in [7, 11) is 1.37. The van der Waals surface area contributed by atoms with E-state index in [-0.39, 0.29) is 5.97 Å². The maximum Gasteiger partial charge on any atom is 0.346 e. The van der Waals surface area contributed by atoms with Crippen molar-refractivity contribution in [3.8, 4) is 0 Å². The van der Waals surface area contributed by atoms with Crippen LogP contribution in [0.15, 0.2) is 10.6 Å². The fourth-order valence-electron chi connectivity index (χ4n) is 0.875. The average molecular weight is 173 g/mol. The monoisotopic (exact) mass is 173 g/mol. The molecule has 0 amide bonds. The summed E-state index contributed by atoms with van der Waals surface area (Å²) in [4.78, 5) is 11.6. The molecule has 11 heavy (non-hydrogen) atoms. The number of hydrogen-bond acceptors (Lipinski definition) is 4. The standard InChI is InChI=1S/C7H11NO2S/c1-4-3-11-6(5(4)8)7(9)10-2/h4H,3,8H2,1-2H3/t4-/m1/s1. The number of carbonyl (C=O) groups is 1. The third-order valence-corrected chi connectivity index (χ3v) is 3.00. The van der Waals surface area contributed by atoms with Crippen molar-refractivity contribution in [3.63, 3.8) is 0 Å². The van der Waals surface area contributed by atoms with Crippen molar-refractivity contribution < 1.29 is 9.53 Å². The van der Waals surface area contributed by atoms with Gasteiger partial charge in [-0.25, -0.2) is 4.79 Å². The first-order valence-corrected chi connectivity index (χ1v) is 4.36. The zero-order valence-corrected chi connectivity index (χ0v) is 7.40. The predicted molar refractivity (Wildman–Crippen MR) is 44.9 cm³/mol. The molecule has 62 valence electrons. The maximum absolute atomic E-state index is 11.0. The van der Waals surface area contributed by atoms with Crippen LogP contribution in [-0.4, -0.2) is 18.8 Å². The average Bonchev–Trinajstić information content (AvgIpc) is 2.32. The number of methoxy groups -OCH3 is 1. The van der Waals surface area contributed by atoms with E-state index in [4.69, 9.17) is 5.73 Å². The molecule has 0 saturated heterocycles. The van der Waals surface area contributed by atoms with E-state index in [1.54, 1.807) is 0 Å². The Bertz CT molecular complexity index is 212. The molecule has 0 aliphatic carbocycles. The molecule has 0 saturated carbocycles. The van der Waals surface area contributed by atoms with Crippen molar-refractivity contribution >= 4 is 17.7 Å². The number of hydrogen-bond donors (Lipinski definition) is 1. The van der Waals surface area contributed by atoms with Crippen LogP contribution in [0.1, 0.15) is 6.92 Å². The number of rotatable bonds is 1. The summed E-state index contributed by atoms with van der Waals surface area (Å²) in [5, 5.41) is 0. The normalized spacial score (nSPS) is 24.0. The molecule has 0 radical (unpaired) electrons. The Morgan fingerprint density at radius 3 is 2.82 bits per heavy atom. The number of carbonyl (C=O) groups excluding carboxylic acids is 1. The minimum atomic E-state index is -0.308. The number of allylic oxidation sites excluding steroid dienone is 1. The fraction of sp³-hybridized carbons (Fsp3) is 0.571. The fourth-order valence-corrected chi connectivity index (χ4v) is 2.04. The van der Waals surface area contributed by atoms with Gasteiger partial charge in [0.05, 0.1) is 7.11 Å². The topological polar surface area (TPSA) is 52.3 Å². The summed E-state index contributed by atoms with van der Waals surface area (Å²) < 4.78 is 4.56. The number of esters is 1. The Labute approximate surface area is 70.0 Å². The molecule has 1 aliphatic heterocycles. The third kappa shape index (κ3) is 1.50. The van der Waals surface area contributed by atoms with Gasteiger partial charge in [-0.15, -0.1) is 11.8 Å². The van der Waals surface area contributed by atoms with E-state index in [0.717, 1.165) is 5.75 Å². The molecule has 0 fully saturated rings. The van der Waals surface area contributed by atoms with E-state index < -0.39 is 0 Å². The second-order valence-corrected chi connectivity index (χ2v) is 3.52. The van der Waals surface area contributed by atoms with Gasteiger partial charge in [0.25, 0.3) is 0 Å². The van der Waals surface area contributed by atoms with Gasteiger partial charge < -0.3 is 10.5 Å².